The van der Waals surface area contributed by atoms with E-state index in [9.17, 15) is 0 Å². The van der Waals surface area contributed by atoms with Crippen LogP contribution >= 0.6 is 0 Å². The first kappa shape index (κ1) is 29.0. The Morgan fingerprint density at radius 1 is 0.450 bits per heavy atom. The number of fused-ring (bicyclic) bond motifs is 4. The van der Waals surface area contributed by atoms with E-state index in [1.54, 1.807) is 57.0 Å². The highest BCUT2D eigenvalue weighted by atomic mass is 28.3. The monoisotopic (exact) mass is 565 g/mol. The fraction of sp³-hybridized carbons (Fsp3) is 1.00. The molecular weight excluding hydrogens is 497 g/mol. The van der Waals surface area contributed by atoms with Crippen LogP contribution in [0.25, 0.3) is 0 Å². The second-order valence-electron chi connectivity index (χ2n) is 20.7. The molecule has 7 fully saturated rings. The highest BCUT2D eigenvalue weighted by molar-refractivity contribution is 6.85. The van der Waals surface area contributed by atoms with E-state index >= 15 is 0 Å². The lowest BCUT2D eigenvalue weighted by molar-refractivity contribution is -0.0739. The van der Waals surface area contributed by atoms with E-state index in [-0.39, 0.29) is 0 Å². The van der Waals surface area contributed by atoms with Crippen molar-refractivity contribution in [1.82, 2.24) is 0 Å². The van der Waals surface area contributed by atoms with Gasteiger partial charge in [0.15, 0.2) is 0 Å². The van der Waals surface area contributed by atoms with Gasteiger partial charge in [0.05, 0.1) is 8.07 Å². The second-order valence-corrected chi connectivity index (χ2v) is 25.5. The van der Waals surface area contributed by atoms with E-state index in [4.69, 9.17) is 0 Å². The molecule has 0 radical (unpaired) electrons. The van der Waals surface area contributed by atoms with E-state index in [2.05, 4.69) is 69.2 Å². The first-order chi connectivity index (χ1) is 18.6. The third-order valence-corrected chi connectivity index (χ3v) is 24.5. The maximum Gasteiger partial charge on any atom is 0.0608 e. The Hall–Kier alpha value is 0.217. The molecule has 7 rings (SSSR count). The zero-order valence-corrected chi connectivity index (χ0v) is 29.6. The summed E-state index contributed by atoms with van der Waals surface area (Å²) in [5, 5.41) is 0. The molecule has 0 amide bonds. The first-order valence-corrected chi connectivity index (χ1v) is 21.1. The molecule has 0 nitrogen and oxygen atoms in total. The van der Waals surface area contributed by atoms with Crippen molar-refractivity contribution in [2.45, 2.75) is 163 Å². The predicted molar refractivity (Wildman–Crippen MR) is 175 cm³/mol. The number of hydrogen-bond acceptors (Lipinski definition) is 0. The average molecular weight is 565 g/mol. The summed E-state index contributed by atoms with van der Waals surface area (Å²) < 4.78 is 0. The molecule has 12 unspecified atom stereocenters. The molecule has 1 saturated heterocycles. The molecule has 12 atom stereocenters. The van der Waals surface area contributed by atoms with Crippen LogP contribution in [0.3, 0.4) is 0 Å². The summed E-state index contributed by atoms with van der Waals surface area (Å²) in [4.78, 5) is 0. The van der Waals surface area contributed by atoms with Crippen LogP contribution in [-0.2, 0) is 0 Å². The third-order valence-electron chi connectivity index (χ3n) is 17.3. The smallest absolute Gasteiger partial charge is 0.0608 e. The molecule has 0 aromatic carbocycles. The Morgan fingerprint density at radius 2 is 0.775 bits per heavy atom. The summed E-state index contributed by atoms with van der Waals surface area (Å²) in [5.41, 5.74) is 4.63. The summed E-state index contributed by atoms with van der Waals surface area (Å²) >= 11 is 0. The normalized spacial score (nSPS) is 53.0. The Labute approximate surface area is 251 Å². The summed E-state index contributed by atoms with van der Waals surface area (Å²) in [6, 6.07) is 3.46. The Morgan fingerprint density at radius 3 is 1.07 bits per heavy atom. The third kappa shape index (κ3) is 4.06. The molecule has 0 aromatic rings. The van der Waals surface area contributed by atoms with Crippen molar-refractivity contribution in [2.24, 2.45) is 80.8 Å². The van der Waals surface area contributed by atoms with Crippen molar-refractivity contribution in [2.75, 3.05) is 0 Å². The fourth-order valence-electron chi connectivity index (χ4n) is 15.1. The lowest BCUT2D eigenvalue weighted by Gasteiger charge is -2.62. The summed E-state index contributed by atoms with van der Waals surface area (Å²) in [6.07, 6.45) is 17.1. The van der Waals surface area contributed by atoms with Crippen molar-refractivity contribution in [3.05, 3.63) is 0 Å². The molecule has 0 N–H and O–H groups in total. The van der Waals surface area contributed by atoms with Gasteiger partial charge < -0.3 is 0 Å². The first-order valence-electron chi connectivity index (χ1n) is 18.6. The molecule has 1 aliphatic heterocycles. The molecule has 0 aromatic heterocycles. The lowest BCUT2D eigenvalue weighted by Crippen LogP contribution is -2.58. The van der Waals surface area contributed by atoms with Gasteiger partial charge in [0.2, 0.25) is 0 Å². The van der Waals surface area contributed by atoms with Crippen LogP contribution in [0.2, 0.25) is 23.2 Å². The van der Waals surface area contributed by atoms with Crippen LogP contribution < -0.4 is 0 Å². The summed E-state index contributed by atoms with van der Waals surface area (Å²) in [7, 11) is -1.30. The van der Waals surface area contributed by atoms with Crippen LogP contribution in [0.1, 0.15) is 140 Å². The van der Waals surface area contributed by atoms with Gasteiger partial charge in [0.1, 0.15) is 0 Å². The topological polar surface area (TPSA) is 0 Å². The highest BCUT2D eigenvalue weighted by Crippen LogP contribution is 2.74. The fourth-order valence-corrected chi connectivity index (χ4v) is 23.1. The minimum atomic E-state index is -1.30. The van der Waals surface area contributed by atoms with E-state index < -0.39 is 8.07 Å². The van der Waals surface area contributed by atoms with Crippen LogP contribution in [0, 0.1) is 80.8 Å². The molecule has 40 heavy (non-hydrogen) atoms. The van der Waals surface area contributed by atoms with Gasteiger partial charge in [-0.3, -0.25) is 0 Å². The minimum Gasteiger partial charge on any atom is -0.0625 e. The second kappa shape index (κ2) is 9.13. The molecular formula is C39H68Si. The minimum absolute atomic E-state index is 0.569. The Bertz CT molecular complexity index is 907. The van der Waals surface area contributed by atoms with Crippen molar-refractivity contribution in [1.29, 1.82) is 0 Å². The molecule has 1 heteroatoms. The van der Waals surface area contributed by atoms with Gasteiger partial charge in [0, 0.05) is 0 Å². The zero-order chi connectivity index (χ0) is 28.6. The van der Waals surface area contributed by atoms with Crippen LogP contribution in [0.4, 0.5) is 0 Å². The largest absolute Gasteiger partial charge is 0.0625 e. The molecule has 1 heterocycles. The van der Waals surface area contributed by atoms with Gasteiger partial charge in [-0.15, -0.1) is 0 Å². The van der Waals surface area contributed by atoms with Crippen LogP contribution in [0.15, 0.2) is 0 Å². The number of hydrogen-bond donors (Lipinski definition) is 0. The van der Waals surface area contributed by atoms with Gasteiger partial charge in [-0.2, -0.15) is 0 Å². The quantitative estimate of drug-likeness (QED) is 0.293. The maximum atomic E-state index is 2.79. The van der Waals surface area contributed by atoms with Gasteiger partial charge in [-0.25, -0.2) is 0 Å². The molecule has 228 valence electrons. The van der Waals surface area contributed by atoms with Crippen molar-refractivity contribution in [3.8, 4) is 0 Å². The standard InChI is InChI=1S/C39H68Si/c1-24-18-26-20-30-32(38(7,8)14-12-36(30,3)4)22-28(26)34(24)40(16-11-17-40)35-25(2)19-27-21-31-33(23-29(27)35)39(9,10)15-13-37(31,5)6/h24-35H,11-23H2,1-10H3. The maximum absolute atomic E-state index is 2.79. The Kier molecular flexibility index (Phi) is 6.61. The van der Waals surface area contributed by atoms with Crippen LogP contribution in [0.5, 0.6) is 0 Å². The van der Waals surface area contributed by atoms with Gasteiger partial charge in [-0.1, -0.05) is 87.7 Å². The molecule has 6 aliphatic carbocycles. The van der Waals surface area contributed by atoms with Crippen LogP contribution in [-0.4, -0.2) is 8.07 Å². The van der Waals surface area contributed by atoms with E-state index in [0.29, 0.717) is 21.7 Å². The van der Waals surface area contributed by atoms with E-state index in [1.165, 1.54) is 36.8 Å². The molecule has 6 saturated carbocycles. The highest BCUT2D eigenvalue weighted by Gasteiger charge is 2.67. The Balaban J connectivity index is 1.20. The van der Waals surface area contributed by atoms with Gasteiger partial charge in [0.25, 0.3) is 0 Å². The van der Waals surface area contributed by atoms with Crippen molar-refractivity contribution >= 4 is 8.07 Å². The number of rotatable bonds is 2. The van der Waals surface area contributed by atoms with Crippen molar-refractivity contribution in [3.63, 3.8) is 0 Å². The zero-order valence-electron chi connectivity index (χ0n) is 28.6. The molecule has 0 bridgehead atoms. The SMILES string of the molecule is CC1CC2CC3C(CC2C1[Si]1(C2C(C)CC4CC5C(CC42)C(C)(C)CCC5(C)C)CCC1)C(C)(C)CCC3(C)C. The van der Waals surface area contributed by atoms with Gasteiger partial charge in [-0.05, 0) is 156 Å². The average Bonchev–Trinajstić information content (AvgIpc) is 3.34. The summed E-state index contributed by atoms with van der Waals surface area (Å²) in [5.74, 6) is 10.4. The van der Waals surface area contributed by atoms with E-state index in [0.717, 1.165) is 59.2 Å². The van der Waals surface area contributed by atoms with E-state index in [1.807, 2.05) is 0 Å². The molecule has 0 spiro atoms. The van der Waals surface area contributed by atoms with Gasteiger partial charge >= 0.3 is 0 Å². The predicted octanol–water partition coefficient (Wildman–Crippen LogP) is 11.9. The van der Waals surface area contributed by atoms with Crippen molar-refractivity contribution < 1.29 is 0 Å². The lowest BCUT2D eigenvalue weighted by atomic mass is 9.48. The summed E-state index contributed by atoms with van der Waals surface area (Å²) in [6.45, 7) is 26.9. The molecule has 7 aliphatic rings.